The SMILES string of the molecule is CCC(C)NC(=O)c1csc(CN(CCC(c2ccccc2)c2ccccc2)Cc2ccc(OC)cc2OC)n1. The second kappa shape index (κ2) is 14.6. The zero-order chi connectivity index (χ0) is 28.3. The van der Waals surface area contributed by atoms with Crippen molar-refractivity contribution in [3.05, 3.63) is 112 Å². The second-order valence-electron chi connectivity index (χ2n) is 9.96. The van der Waals surface area contributed by atoms with E-state index in [2.05, 4.69) is 83.9 Å². The molecule has 1 unspecified atom stereocenters. The fourth-order valence-corrected chi connectivity index (χ4v) is 5.54. The topological polar surface area (TPSA) is 63.7 Å². The van der Waals surface area contributed by atoms with Crippen molar-refractivity contribution in [2.24, 2.45) is 0 Å². The summed E-state index contributed by atoms with van der Waals surface area (Å²) in [4.78, 5) is 19.8. The zero-order valence-corrected chi connectivity index (χ0v) is 24.6. The van der Waals surface area contributed by atoms with E-state index in [1.165, 1.54) is 22.5 Å². The molecule has 0 aliphatic carbocycles. The highest BCUT2D eigenvalue weighted by Gasteiger charge is 2.20. The maximum Gasteiger partial charge on any atom is 0.270 e. The van der Waals surface area contributed by atoms with Gasteiger partial charge in [-0.05, 0) is 43.5 Å². The Hall–Kier alpha value is -3.68. The number of thiazole rings is 1. The lowest BCUT2D eigenvalue weighted by Crippen LogP contribution is -2.32. The Balaban J connectivity index is 1.58. The van der Waals surface area contributed by atoms with Gasteiger partial charge >= 0.3 is 0 Å². The third-order valence-corrected chi connectivity index (χ3v) is 7.99. The van der Waals surface area contributed by atoms with Crippen LogP contribution in [0, 0.1) is 0 Å². The van der Waals surface area contributed by atoms with Crippen LogP contribution >= 0.6 is 11.3 Å². The number of hydrogen-bond donors (Lipinski definition) is 1. The Kier molecular flexibility index (Phi) is 10.7. The van der Waals surface area contributed by atoms with Gasteiger partial charge in [0.15, 0.2) is 0 Å². The lowest BCUT2D eigenvalue weighted by molar-refractivity contribution is 0.0934. The highest BCUT2D eigenvalue weighted by atomic mass is 32.1. The summed E-state index contributed by atoms with van der Waals surface area (Å²) < 4.78 is 11.1. The van der Waals surface area contributed by atoms with Crippen molar-refractivity contribution in [3.8, 4) is 11.5 Å². The van der Waals surface area contributed by atoms with Gasteiger partial charge in [-0.3, -0.25) is 9.69 Å². The van der Waals surface area contributed by atoms with E-state index in [1.807, 2.05) is 24.4 Å². The maximum absolute atomic E-state index is 12.7. The molecule has 1 amide bonds. The molecule has 1 atom stereocenters. The van der Waals surface area contributed by atoms with Gasteiger partial charge in [0.1, 0.15) is 22.2 Å². The van der Waals surface area contributed by atoms with E-state index in [0.29, 0.717) is 18.8 Å². The van der Waals surface area contributed by atoms with Crippen LogP contribution in [0.2, 0.25) is 0 Å². The Bertz CT molecular complexity index is 1300. The molecule has 6 nitrogen and oxygen atoms in total. The van der Waals surface area contributed by atoms with Gasteiger partial charge in [-0.1, -0.05) is 73.7 Å². The van der Waals surface area contributed by atoms with Crippen LogP contribution < -0.4 is 14.8 Å². The average Bonchev–Trinajstić information content (AvgIpc) is 3.47. The van der Waals surface area contributed by atoms with Crippen LogP contribution in [0.4, 0.5) is 0 Å². The fourth-order valence-electron chi connectivity index (χ4n) is 4.72. The highest BCUT2D eigenvalue weighted by molar-refractivity contribution is 7.09. The van der Waals surface area contributed by atoms with Crippen LogP contribution in [0.15, 0.2) is 84.2 Å². The third kappa shape index (κ3) is 7.93. The summed E-state index contributed by atoms with van der Waals surface area (Å²) in [6, 6.07) is 27.4. The van der Waals surface area contributed by atoms with Crippen LogP contribution in [0.5, 0.6) is 11.5 Å². The summed E-state index contributed by atoms with van der Waals surface area (Å²) in [5.74, 6) is 1.70. The van der Waals surface area contributed by atoms with Crippen molar-refractivity contribution in [1.82, 2.24) is 15.2 Å². The molecule has 1 heterocycles. The molecule has 0 spiro atoms. The number of aromatic nitrogens is 1. The Morgan fingerprint density at radius 1 is 0.950 bits per heavy atom. The molecule has 210 valence electrons. The molecule has 0 aliphatic rings. The first-order chi connectivity index (χ1) is 19.5. The van der Waals surface area contributed by atoms with E-state index in [-0.39, 0.29) is 17.9 Å². The quantitative estimate of drug-likeness (QED) is 0.182. The molecule has 7 heteroatoms. The van der Waals surface area contributed by atoms with Crippen molar-refractivity contribution in [2.45, 2.75) is 51.7 Å². The molecule has 3 aromatic carbocycles. The van der Waals surface area contributed by atoms with Crippen LogP contribution in [0.3, 0.4) is 0 Å². The number of ether oxygens (including phenoxy) is 2. The molecule has 0 bridgehead atoms. The minimum atomic E-state index is -0.117. The average molecular weight is 558 g/mol. The number of amides is 1. The van der Waals surface area contributed by atoms with E-state index in [0.717, 1.165) is 41.5 Å². The largest absolute Gasteiger partial charge is 0.497 e. The Labute approximate surface area is 242 Å². The predicted molar refractivity (Wildman–Crippen MR) is 162 cm³/mol. The maximum atomic E-state index is 12.7. The van der Waals surface area contributed by atoms with Crippen LogP contribution in [-0.2, 0) is 13.1 Å². The summed E-state index contributed by atoms with van der Waals surface area (Å²) in [5, 5.41) is 5.79. The molecule has 1 N–H and O–H groups in total. The molecule has 0 fully saturated rings. The number of rotatable bonds is 14. The second-order valence-corrected chi connectivity index (χ2v) is 10.9. The van der Waals surface area contributed by atoms with E-state index in [4.69, 9.17) is 14.5 Å². The van der Waals surface area contributed by atoms with Gasteiger partial charge in [0.2, 0.25) is 0 Å². The van der Waals surface area contributed by atoms with Crippen molar-refractivity contribution in [3.63, 3.8) is 0 Å². The molecule has 4 aromatic rings. The summed E-state index contributed by atoms with van der Waals surface area (Å²) >= 11 is 1.53. The molecular formula is C33H39N3O3S. The van der Waals surface area contributed by atoms with Crippen LogP contribution in [0.25, 0.3) is 0 Å². The molecule has 0 radical (unpaired) electrons. The highest BCUT2D eigenvalue weighted by Crippen LogP contribution is 2.30. The van der Waals surface area contributed by atoms with Gasteiger partial charge in [0.25, 0.3) is 5.91 Å². The molecule has 40 heavy (non-hydrogen) atoms. The first-order valence-electron chi connectivity index (χ1n) is 13.8. The van der Waals surface area contributed by atoms with Crippen LogP contribution in [0.1, 0.15) is 64.8 Å². The third-order valence-electron chi connectivity index (χ3n) is 7.16. The zero-order valence-electron chi connectivity index (χ0n) is 23.8. The number of carbonyl (C=O) groups excluding carboxylic acids is 1. The summed E-state index contributed by atoms with van der Waals surface area (Å²) in [7, 11) is 3.35. The van der Waals surface area contributed by atoms with Crippen molar-refractivity contribution in [1.29, 1.82) is 0 Å². The van der Waals surface area contributed by atoms with E-state index in [9.17, 15) is 4.79 Å². The minimum Gasteiger partial charge on any atom is -0.497 e. The smallest absolute Gasteiger partial charge is 0.270 e. The fraction of sp³-hybridized carbons (Fsp3) is 0.333. The van der Waals surface area contributed by atoms with E-state index >= 15 is 0 Å². The first-order valence-corrected chi connectivity index (χ1v) is 14.7. The van der Waals surface area contributed by atoms with Gasteiger partial charge in [0.05, 0.1) is 20.8 Å². The molecular weight excluding hydrogens is 518 g/mol. The van der Waals surface area contributed by atoms with Gasteiger partial charge in [-0.15, -0.1) is 11.3 Å². The Morgan fingerprint density at radius 2 is 1.62 bits per heavy atom. The minimum absolute atomic E-state index is 0.115. The van der Waals surface area contributed by atoms with Gasteiger partial charge in [-0.25, -0.2) is 4.98 Å². The molecule has 0 saturated heterocycles. The lowest BCUT2D eigenvalue weighted by Gasteiger charge is -2.26. The molecule has 0 saturated carbocycles. The lowest BCUT2D eigenvalue weighted by atomic mass is 9.88. The molecule has 0 aliphatic heterocycles. The molecule has 4 rings (SSSR count). The summed E-state index contributed by atoms with van der Waals surface area (Å²) in [6.07, 6.45) is 1.81. The summed E-state index contributed by atoms with van der Waals surface area (Å²) in [6.45, 7) is 6.20. The predicted octanol–water partition coefficient (Wildman–Crippen LogP) is 6.91. The number of hydrogen-bond acceptors (Lipinski definition) is 6. The van der Waals surface area contributed by atoms with Crippen LogP contribution in [-0.4, -0.2) is 42.6 Å². The van der Waals surface area contributed by atoms with Gasteiger partial charge in [0, 0.05) is 35.5 Å². The van der Waals surface area contributed by atoms with Gasteiger partial charge in [-0.2, -0.15) is 0 Å². The van der Waals surface area contributed by atoms with Gasteiger partial charge < -0.3 is 14.8 Å². The monoisotopic (exact) mass is 557 g/mol. The number of methoxy groups -OCH3 is 2. The van der Waals surface area contributed by atoms with Crippen molar-refractivity contribution in [2.75, 3.05) is 20.8 Å². The Morgan fingerprint density at radius 3 is 2.23 bits per heavy atom. The standard InChI is InChI=1S/C33H39N3O3S/c1-5-24(2)34-33(37)30-23-40-32(35-30)22-36(21-27-16-17-28(38-3)20-31(27)39-4)19-18-29(25-12-8-6-9-13-25)26-14-10-7-11-15-26/h6-17,20,23-24,29H,5,18-19,21-22H2,1-4H3,(H,34,37). The number of benzene rings is 3. The van der Waals surface area contributed by atoms with Crippen molar-refractivity contribution >= 4 is 17.2 Å². The number of nitrogens with zero attached hydrogens (tertiary/aromatic N) is 2. The number of nitrogens with one attached hydrogen (secondary N) is 1. The summed E-state index contributed by atoms with van der Waals surface area (Å²) in [5.41, 5.74) is 4.15. The normalized spacial score (nSPS) is 11.9. The molecule has 1 aromatic heterocycles. The number of carbonyl (C=O) groups is 1. The van der Waals surface area contributed by atoms with Crippen molar-refractivity contribution < 1.29 is 14.3 Å². The van der Waals surface area contributed by atoms with E-state index in [1.54, 1.807) is 14.2 Å². The van der Waals surface area contributed by atoms with E-state index < -0.39 is 0 Å². The first kappa shape index (κ1) is 29.3.